The van der Waals surface area contributed by atoms with Crippen molar-refractivity contribution in [1.82, 2.24) is 4.90 Å². The molecule has 0 spiro atoms. The van der Waals surface area contributed by atoms with Crippen molar-refractivity contribution in [1.29, 1.82) is 0 Å². The lowest BCUT2D eigenvalue weighted by Gasteiger charge is -2.30. The molecular formula is C16H24N2O2. The number of likely N-dealkylation sites (tertiary alicyclic amines) is 1. The minimum absolute atomic E-state index is 0.0619. The first-order chi connectivity index (χ1) is 9.49. The smallest absolute Gasteiger partial charge is 0.321 e. The van der Waals surface area contributed by atoms with Crippen LogP contribution in [-0.2, 0) is 0 Å². The van der Waals surface area contributed by atoms with Gasteiger partial charge in [0.1, 0.15) is 0 Å². The predicted molar refractivity (Wildman–Crippen MR) is 81.1 cm³/mol. The van der Waals surface area contributed by atoms with E-state index in [0.29, 0.717) is 31.8 Å². The molecule has 1 saturated heterocycles. The van der Waals surface area contributed by atoms with Gasteiger partial charge in [0.15, 0.2) is 0 Å². The highest BCUT2D eigenvalue weighted by atomic mass is 16.3. The lowest BCUT2D eigenvalue weighted by molar-refractivity contribution is 0.0972. The molecule has 0 unspecified atom stereocenters. The summed E-state index contributed by atoms with van der Waals surface area (Å²) in [7, 11) is 0. The third-order valence-electron chi connectivity index (χ3n) is 3.91. The summed E-state index contributed by atoms with van der Waals surface area (Å²) in [5, 5.41) is 12.6. The van der Waals surface area contributed by atoms with Crippen molar-refractivity contribution in [3.05, 3.63) is 29.3 Å². The number of carbonyl (C=O) groups excluding carboxylic acids is 1. The summed E-state index contributed by atoms with van der Waals surface area (Å²) in [6.45, 7) is 7.51. The number of rotatable bonds is 2. The molecule has 2 N–H and O–H groups in total. The zero-order chi connectivity index (χ0) is 14.7. The third kappa shape index (κ3) is 3.31. The maximum absolute atomic E-state index is 12.3. The number of benzene rings is 1. The van der Waals surface area contributed by atoms with Crippen LogP contribution >= 0.6 is 0 Å². The Labute approximate surface area is 120 Å². The monoisotopic (exact) mass is 276 g/mol. The second kappa shape index (κ2) is 6.27. The summed E-state index contributed by atoms with van der Waals surface area (Å²) in [6.07, 6.45) is 1.07. The molecular weight excluding hydrogens is 252 g/mol. The standard InChI is InChI=1S/C16H24N2O2/c1-11(2)14-6-4-5-12(3)15(14)17-16(20)18-9-7-13(19)8-10-18/h4-6,11,13,19H,7-10H2,1-3H3,(H,17,20). The van der Waals surface area contributed by atoms with E-state index in [1.54, 1.807) is 4.90 Å². The first kappa shape index (κ1) is 14.9. The van der Waals surface area contributed by atoms with E-state index < -0.39 is 0 Å². The molecule has 1 aromatic carbocycles. The van der Waals surface area contributed by atoms with Crippen LogP contribution in [0.5, 0.6) is 0 Å². The van der Waals surface area contributed by atoms with Gasteiger partial charge in [-0.15, -0.1) is 0 Å². The summed E-state index contributed by atoms with van der Waals surface area (Å²) >= 11 is 0. The summed E-state index contributed by atoms with van der Waals surface area (Å²) in [5.41, 5.74) is 3.18. The van der Waals surface area contributed by atoms with Gasteiger partial charge in [-0.2, -0.15) is 0 Å². The number of nitrogens with zero attached hydrogens (tertiary/aromatic N) is 1. The van der Waals surface area contributed by atoms with Crippen molar-refractivity contribution >= 4 is 11.7 Å². The number of aliphatic hydroxyl groups excluding tert-OH is 1. The molecule has 1 fully saturated rings. The molecule has 2 rings (SSSR count). The number of hydrogen-bond acceptors (Lipinski definition) is 2. The lowest BCUT2D eigenvalue weighted by Crippen LogP contribution is -2.42. The molecule has 0 aromatic heterocycles. The van der Waals surface area contributed by atoms with Crippen LogP contribution in [-0.4, -0.2) is 35.2 Å². The van der Waals surface area contributed by atoms with Crippen LogP contribution in [0.1, 0.15) is 43.7 Å². The summed E-state index contributed by atoms with van der Waals surface area (Å²) < 4.78 is 0. The summed E-state index contributed by atoms with van der Waals surface area (Å²) in [5.74, 6) is 0.369. The highest BCUT2D eigenvalue weighted by molar-refractivity contribution is 5.91. The average Bonchev–Trinajstić information content (AvgIpc) is 2.41. The van der Waals surface area contributed by atoms with Gasteiger partial charge in [-0.05, 0) is 36.8 Å². The number of aryl methyl sites for hydroxylation is 1. The topological polar surface area (TPSA) is 52.6 Å². The van der Waals surface area contributed by atoms with Crippen LogP contribution in [0.15, 0.2) is 18.2 Å². The average molecular weight is 276 g/mol. The van der Waals surface area contributed by atoms with Gasteiger partial charge in [-0.25, -0.2) is 4.79 Å². The number of nitrogens with one attached hydrogen (secondary N) is 1. The van der Waals surface area contributed by atoms with Crippen molar-refractivity contribution in [2.45, 2.75) is 45.6 Å². The Morgan fingerprint density at radius 2 is 2.00 bits per heavy atom. The minimum atomic E-state index is -0.260. The van der Waals surface area contributed by atoms with Gasteiger partial charge in [0.2, 0.25) is 0 Å². The summed E-state index contributed by atoms with van der Waals surface area (Å²) in [4.78, 5) is 14.1. The Morgan fingerprint density at radius 3 is 2.60 bits per heavy atom. The maximum atomic E-state index is 12.3. The zero-order valence-electron chi connectivity index (χ0n) is 12.5. The fourth-order valence-electron chi connectivity index (χ4n) is 2.60. The number of para-hydroxylation sites is 1. The quantitative estimate of drug-likeness (QED) is 0.872. The molecule has 4 nitrogen and oxygen atoms in total. The van der Waals surface area contributed by atoms with E-state index in [2.05, 4.69) is 25.2 Å². The molecule has 4 heteroatoms. The largest absolute Gasteiger partial charge is 0.393 e. The molecule has 1 heterocycles. The fraction of sp³-hybridized carbons (Fsp3) is 0.562. The Kier molecular flexibility index (Phi) is 4.65. The van der Waals surface area contributed by atoms with Gasteiger partial charge in [0.25, 0.3) is 0 Å². The number of piperidine rings is 1. The SMILES string of the molecule is Cc1cccc(C(C)C)c1NC(=O)N1CCC(O)CC1. The number of amides is 2. The lowest BCUT2D eigenvalue weighted by atomic mass is 9.98. The Balaban J connectivity index is 2.11. The van der Waals surface area contributed by atoms with Gasteiger partial charge in [0.05, 0.1) is 6.10 Å². The molecule has 0 atom stereocenters. The van der Waals surface area contributed by atoms with E-state index >= 15 is 0 Å². The minimum Gasteiger partial charge on any atom is -0.393 e. The molecule has 110 valence electrons. The normalized spacial score (nSPS) is 16.6. The number of hydrogen-bond donors (Lipinski definition) is 2. The van der Waals surface area contributed by atoms with Crippen molar-refractivity contribution in [2.75, 3.05) is 18.4 Å². The molecule has 0 aliphatic carbocycles. The van der Waals surface area contributed by atoms with Gasteiger partial charge >= 0.3 is 6.03 Å². The second-order valence-electron chi connectivity index (χ2n) is 5.84. The Morgan fingerprint density at radius 1 is 1.35 bits per heavy atom. The number of aliphatic hydroxyl groups is 1. The molecule has 1 aromatic rings. The first-order valence-corrected chi connectivity index (χ1v) is 7.32. The van der Waals surface area contributed by atoms with Crippen molar-refractivity contribution in [3.8, 4) is 0 Å². The molecule has 20 heavy (non-hydrogen) atoms. The van der Waals surface area contributed by atoms with Crippen LogP contribution in [0.3, 0.4) is 0 Å². The highest BCUT2D eigenvalue weighted by Gasteiger charge is 2.22. The van der Waals surface area contributed by atoms with Gasteiger partial charge < -0.3 is 15.3 Å². The molecule has 1 aliphatic rings. The van der Waals surface area contributed by atoms with Crippen LogP contribution in [0, 0.1) is 6.92 Å². The van der Waals surface area contributed by atoms with Crippen molar-refractivity contribution in [2.24, 2.45) is 0 Å². The van der Waals surface area contributed by atoms with E-state index in [1.807, 2.05) is 19.1 Å². The van der Waals surface area contributed by atoms with Gasteiger partial charge in [-0.3, -0.25) is 0 Å². The van der Waals surface area contributed by atoms with E-state index in [0.717, 1.165) is 16.8 Å². The molecule has 0 saturated carbocycles. The van der Waals surface area contributed by atoms with Crippen molar-refractivity contribution < 1.29 is 9.90 Å². The number of carbonyl (C=O) groups is 1. The van der Waals surface area contributed by atoms with E-state index in [1.165, 1.54) is 0 Å². The zero-order valence-corrected chi connectivity index (χ0v) is 12.5. The molecule has 0 radical (unpaired) electrons. The van der Waals surface area contributed by atoms with Crippen LogP contribution in [0.25, 0.3) is 0 Å². The van der Waals surface area contributed by atoms with E-state index in [-0.39, 0.29) is 12.1 Å². The van der Waals surface area contributed by atoms with Gasteiger partial charge in [0, 0.05) is 18.8 Å². The van der Waals surface area contributed by atoms with Crippen LogP contribution in [0.2, 0.25) is 0 Å². The molecule has 1 aliphatic heterocycles. The maximum Gasteiger partial charge on any atom is 0.321 e. The van der Waals surface area contributed by atoms with Crippen LogP contribution < -0.4 is 5.32 Å². The fourth-order valence-corrected chi connectivity index (χ4v) is 2.60. The van der Waals surface area contributed by atoms with Gasteiger partial charge in [-0.1, -0.05) is 32.0 Å². The molecule has 2 amide bonds. The summed E-state index contributed by atoms with van der Waals surface area (Å²) in [6, 6.07) is 6.04. The van der Waals surface area contributed by atoms with Crippen molar-refractivity contribution in [3.63, 3.8) is 0 Å². The van der Waals surface area contributed by atoms with E-state index in [4.69, 9.17) is 0 Å². The van der Waals surface area contributed by atoms with Crippen LogP contribution in [0.4, 0.5) is 10.5 Å². The first-order valence-electron chi connectivity index (χ1n) is 7.32. The second-order valence-corrected chi connectivity index (χ2v) is 5.84. The van der Waals surface area contributed by atoms with E-state index in [9.17, 15) is 9.90 Å². The molecule has 0 bridgehead atoms. The predicted octanol–water partition coefficient (Wildman–Crippen LogP) is 3.11. The number of urea groups is 1. The Hall–Kier alpha value is -1.55. The Bertz CT molecular complexity index is 477. The number of anilines is 1. The third-order valence-corrected chi connectivity index (χ3v) is 3.91. The highest BCUT2D eigenvalue weighted by Crippen LogP contribution is 2.27.